The molecule has 3 rings (SSSR count). The van der Waals surface area contributed by atoms with Crippen LogP contribution in [0.15, 0.2) is 36.7 Å². The van der Waals surface area contributed by atoms with Gasteiger partial charge in [-0.1, -0.05) is 12.1 Å². The highest BCUT2D eigenvalue weighted by Gasteiger charge is 2.29. The molecule has 2 amide bonds. The molecule has 1 aromatic heterocycles. The number of hydrogen-bond donors (Lipinski definition) is 1. The van der Waals surface area contributed by atoms with Crippen LogP contribution in [-0.2, 0) is 11.8 Å². The van der Waals surface area contributed by atoms with Crippen LogP contribution in [0.3, 0.4) is 0 Å². The fourth-order valence-electron chi connectivity index (χ4n) is 2.53. The molecule has 1 aliphatic heterocycles. The first-order chi connectivity index (χ1) is 10.6. The second kappa shape index (κ2) is 5.51. The number of piperazine rings is 1. The number of nitrogens with two attached hydrogens (primary N) is 1. The number of aromatic nitrogens is 2. The Morgan fingerprint density at radius 2 is 2.05 bits per heavy atom. The van der Waals surface area contributed by atoms with Crippen LogP contribution in [0.1, 0.15) is 10.4 Å². The minimum absolute atomic E-state index is 0.0437. The summed E-state index contributed by atoms with van der Waals surface area (Å²) in [4.78, 5) is 27.9. The van der Waals surface area contributed by atoms with Crippen LogP contribution in [0, 0.1) is 0 Å². The molecule has 1 fully saturated rings. The van der Waals surface area contributed by atoms with E-state index in [2.05, 4.69) is 5.10 Å². The maximum atomic E-state index is 12.5. The molecule has 7 heteroatoms. The molecule has 2 heterocycles. The van der Waals surface area contributed by atoms with Crippen LogP contribution < -0.4 is 10.6 Å². The summed E-state index contributed by atoms with van der Waals surface area (Å²) in [6, 6.07) is 6.89. The molecule has 1 aliphatic rings. The number of rotatable bonds is 2. The highest BCUT2D eigenvalue weighted by molar-refractivity contribution is 6.03. The minimum Gasteiger partial charge on any atom is -0.398 e. The third kappa shape index (κ3) is 2.52. The van der Waals surface area contributed by atoms with E-state index in [1.165, 1.54) is 4.90 Å². The van der Waals surface area contributed by atoms with Gasteiger partial charge in [0.15, 0.2) is 0 Å². The molecular formula is C15H17N5O2. The topological polar surface area (TPSA) is 84.5 Å². The Hall–Kier alpha value is -2.83. The zero-order valence-corrected chi connectivity index (χ0v) is 12.3. The maximum Gasteiger partial charge on any atom is 0.256 e. The summed E-state index contributed by atoms with van der Waals surface area (Å²) in [5.41, 5.74) is 7.44. The Morgan fingerprint density at radius 3 is 2.68 bits per heavy atom. The van der Waals surface area contributed by atoms with Crippen molar-refractivity contribution in [3.63, 3.8) is 0 Å². The van der Waals surface area contributed by atoms with E-state index in [0.29, 0.717) is 24.3 Å². The number of nitrogen functional groups attached to an aromatic ring is 1. The zero-order chi connectivity index (χ0) is 15.7. The van der Waals surface area contributed by atoms with E-state index in [1.54, 1.807) is 53.3 Å². The Labute approximate surface area is 127 Å². The molecule has 0 radical (unpaired) electrons. The molecule has 0 aliphatic carbocycles. The van der Waals surface area contributed by atoms with Crippen molar-refractivity contribution in [1.29, 1.82) is 0 Å². The average Bonchev–Trinajstić information content (AvgIpc) is 2.93. The molecule has 2 N–H and O–H groups in total. The number of carbonyl (C=O) groups excluding carboxylic acids is 2. The molecule has 1 aromatic carbocycles. The Balaban J connectivity index is 1.74. The lowest BCUT2D eigenvalue weighted by Crippen LogP contribution is -2.52. The van der Waals surface area contributed by atoms with E-state index in [4.69, 9.17) is 5.73 Å². The minimum atomic E-state index is -0.211. The fourth-order valence-corrected chi connectivity index (χ4v) is 2.53. The normalized spacial score (nSPS) is 15.2. The molecule has 1 saturated heterocycles. The van der Waals surface area contributed by atoms with Crippen LogP contribution in [0.25, 0.3) is 0 Å². The molecule has 0 spiro atoms. The maximum absolute atomic E-state index is 12.5. The molecule has 2 aromatic rings. The number of benzene rings is 1. The van der Waals surface area contributed by atoms with Crippen molar-refractivity contribution in [3.8, 4) is 0 Å². The highest BCUT2D eigenvalue weighted by atomic mass is 16.2. The summed E-state index contributed by atoms with van der Waals surface area (Å²) < 4.78 is 1.64. The van der Waals surface area contributed by atoms with E-state index in [9.17, 15) is 9.59 Å². The number of hydrogen-bond acceptors (Lipinski definition) is 4. The summed E-state index contributed by atoms with van der Waals surface area (Å²) in [6.45, 7) is 0.957. The molecule has 114 valence electrons. The monoisotopic (exact) mass is 299 g/mol. The number of carbonyl (C=O) groups is 2. The van der Waals surface area contributed by atoms with Gasteiger partial charge in [0, 0.05) is 32.0 Å². The Kier molecular flexibility index (Phi) is 3.54. The first kappa shape index (κ1) is 14.1. The zero-order valence-electron chi connectivity index (χ0n) is 12.3. The van der Waals surface area contributed by atoms with Gasteiger partial charge in [-0.25, -0.2) is 0 Å². The van der Waals surface area contributed by atoms with Crippen molar-refractivity contribution in [3.05, 3.63) is 42.2 Å². The van der Waals surface area contributed by atoms with Crippen LogP contribution in [0.4, 0.5) is 11.4 Å². The average molecular weight is 299 g/mol. The molecular weight excluding hydrogens is 282 g/mol. The third-order valence-electron chi connectivity index (χ3n) is 3.70. The van der Waals surface area contributed by atoms with Gasteiger partial charge < -0.3 is 15.5 Å². The van der Waals surface area contributed by atoms with Crippen molar-refractivity contribution in [2.75, 3.05) is 30.3 Å². The van der Waals surface area contributed by atoms with Crippen LogP contribution in [0.2, 0.25) is 0 Å². The third-order valence-corrected chi connectivity index (χ3v) is 3.70. The number of aryl methyl sites for hydroxylation is 1. The van der Waals surface area contributed by atoms with Crippen molar-refractivity contribution in [2.45, 2.75) is 0 Å². The molecule has 7 nitrogen and oxygen atoms in total. The first-order valence-corrected chi connectivity index (χ1v) is 6.99. The Bertz CT molecular complexity index is 724. The van der Waals surface area contributed by atoms with Gasteiger partial charge in [-0.3, -0.25) is 14.3 Å². The van der Waals surface area contributed by atoms with Crippen LogP contribution in [0.5, 0.6) is 0 Å². The van der Waals surface area contributed by atoms with E-state index >= 15 is 0 Å². The lowest BCUT2D eigenvalue weighted by molar-refractivity contribution is -0.120. The van der Waals surface area contributed by atoms with Gasteiger partial charge in [0.1, 0.15) is 6.54 Å². The summed E-state index contributed by atoms with van der Waals surface area (Å²) in [5.74, 6) is -0.334. The van der Waals surface area contributed by atoms with Crippen molar-refractivity contribution >= 4 is 23.2 Å². The number of para-hydroxylation sites is 1. The van der Waals surface area contributed by atoms with Gasteiger partial charge in [0.2, 0.25) is 5.91 Å². The summed E-state index contributed by atoms with van der Waals surface area (Å²) >= 11 is 0. The number of amides is 2. The SMILES string of the molecule is Cn1cc(N2CCN(C(=O)c3ccccc3N)CC2=O)cn1. The van der Waals surface area contributed by atoms with Gasteiger partial charge in [-0.05, 0) is 12.1 Å². The second-order valence-electron chi connectivity index (χ2n) is 5.23. The van der Waals surface area contributed by atoms with Crippen LogP contribution >= 0.6 is 0 Å². The lowest BCUT2D eigenvalue weighted by Gasteiger charge is -2.33. The molecule has 0 saturated carbocycles. The van der Waals surface area contributed by atoms with Crippen molar-refractivity contribution in [1.82, 2.24) is 14.7 Å². The highest BCUT2D eigenvalue weighted by Crippen LogP contribution is 2.19. The predicted molar refractivity (Wildman–Crippen MR) is 82.3 cm³/mol. The number of anilines is 2. The molecule has 0 bridgehead atoms. The summed E-state index contributed by atoms with van der Waals surface area (Å²) in [7, 11) is 1.80. The quantitative estimate of drug-likeness (QED) is 0.818. The molecule has 0 unspecified atom stereocenters. The van der Waals surface area contributed by atoms with Gasteiger partial charge in [-0.2, -0.15) is 5.10 Å². The summed E-state index contributed by atoms with van der Waals surface area (Å²) in [5, 5.41) is 4.07. The lowest BCUT2D eigenvalue weighted by atomic mass is 10.1. The number of nitrogens with zero attached hydrogens (tertiary/aromatic N) is 4. The van der Waals surface area contributed by atoms with Gasteiger partial charge in [0.05, 0.1) is 17.4 Å². The van der Waals surface area contributed by atoms with Gasteiger partial charge in [0.25, 0.3) is 5.91 Å². The van der Waals surface area contributed by atoms with E-state index in [1.807, 2.05) is 0 Å². The predicted octanol–water partition coefficient (Wildman–Crippen LogP) is 0.491. The molecule has 0 atom stereocenters. The van der Waals surface area contributed by atoms with Crippen molar-refractivity contribution in [2.24, 2.45) is 7.05 Å². The largest absolute Gasteiger partial charge is 0.398 e. The Morgan fingerprint density at radius 1 is 1.27 bits per heavy atom. The van der Waals surface area contributed by atoms with Crippen LogP contribution in [-0.4, -0.2) is 46.1 Å². The van der Waals surface area contributed by atoms with E-state index in [-0.39, 0.29) is 18.4 Å². The smallest absolute Gasteiger partial charge is 0.256 e. The van der Waals surface area contributed by atoms with Gasteiger partial charge >= 0.3 is 0 Å². The van der Waals surface area contributed by atoms with E-state index in [0.717, 1.165) is 5.69 Å². The van der Waals surface area contributed by atoms with Crippen molar-refractivity contribution < 1.29 is 9.59 Å². The second-order valence-corrected chi connectivity index (χ2v) is 5.23. The first-order valence-electron chi connectivity index (χ1n) is 6.99. The fraction of sp³-hybridized carbons (Fsp3) is 0.267. The van der Waals surface area contributed by atoms with Gasteiger partial charge in [-0.15, -0.1) is 0 Å². The van der Waals surface area contributed by atoms with E-state index < -0.39 is 0 Å². The standard InChI is InChI=1S/C15H17N5O2/c1-18-9-11(8-17-18)20-7-6-19(10-14(20)21)15(22)12-4-2-3-5-13(12)16/h2-5,8-9H,6-7,10,16H2,1H3. The molecule has 22 heavy (non-hydrogen) atoms. The summed E-state index contributed by atoms with van der Waals surface area (Å²) in [6.07, 6.45) is 3.43.